The molecule has 5 nitrogen and oxygen atoms in total. The molecule has 0 unspecified atom stereocenters. The molecule has 2 heterocycles. The van der Waals surface area contributed by atoms with Crippen molar-refractivity contribution in [1.82, 2.24) is 9.78 Å². The molecule has 0 bridgehead atoms. The van der Waals surface area contributed by atoms with Gasteiger partial charge in [-0.05, 0) is 25.0 Å². The summed E-state index contributed by atoms with van der Waals surface area (Å²) < 4.78 is 12.4. The second-order valence-corrected chi connectivity index (χ2v) is 4.94. The Hall–Kier alpha value is -2.01. The summed E-state index contributed by atoms with van der Waals surface area (Å²) >= 11 is 0. The zero-order valence-electron chi connectivity index (χ0n) is 11.5. The van der Waals surface area contributed by atoms with Crippen LogP contribution in [0.5, 0.6) is 11.5 Å². The lowest BCUT2D eigenvalue weighted by Gasteiger charge is -2.22. The summed E-state index contributed by atoms with van der Waals surface area (Å²) in [5, 5.41) is 14.5. The smallest absolute Gasteiger partial charge is 0.127 e. The predicted octanol–water partition coefficient (Wildman–Crippen LogP) is 2.62. The molecule has 5 heteroatoms. The molecule has 0 atom stereocenters. The molecule has 1 fully saturated rings. The van der Waals surface area contributed by atoms with E-state index in [0.717, 1.165) is 37.2 Å². The van der Waals surface area contributed by atoms with Crippen molar-refractivity contribution in [3.8, 4) is 22.6 Å². The predicted molar refractivity (Wildman–Crippen MR) is 75.0 cm³/mol. The maximum absolute atomic E-state index is 10.1. The highest BCUT2D eigenvalue weighted by molar-refractivity contribution is 5.70. The van der Waals surface area contributed by atoms with E-state index in [2.05, 4.69) is 5.10 Å². The number of benzene rings is 1. The average molecular weight is 274 g/mol. The molecular formula is C15H18N2O3. The van der Waals surface area contributed by atoms with Gasteiger partial charge in [-0.2, -0.15) is 5.10 Å². The Morgan fingerprint density at radius 2 is 2.15 bits per heavy atom. The lowest BCUT2D eigenvalue weighted by molar-refractivity contribution is 0.0662. The Balaban J connectivity index is 1.85. The van der Waals surface area contributed by atoms with Gasteiger partial charge in [0.1, 0.15) is 11.5 Å². The molecule has 0 radical (unpaired) electrons. The number of ether oxygens (including phenoxy) is 2. The van der Waals surface area contributed by atoms with E-state index in [0.29, 0.717) is 11.8 Å². The van der Waals surface area contributed by atoms with Crippen molar-refractivity contribution in [2.45, 2.75) is 18.9 Å². The Bertz CT molecular complexity index is 589. The topological polar surface area (TPSA) is 56.5 Å². The maximum atomic E-state index is 10.1. The molecule has 0 saturated carbocycles. The summed E-state index contributed by atoms with van der Waals surface area (Å²) in [6.07, 6.45) is 5.74. The van der Waals surface area contributed by atoms with E-state index in [4.69, 9.17) is 9.47 Å². The van der Waals surface area contributed by atoms with Gasteiger partial charge in [-0.1, -0.05) is 0 Å². The fourth-order valence-electron chi connectivity index (χ4n) is 2.51. The first-order valence-corrected chi connectivity index (χ1v) is 6.77. The molecule has 1 N–H and O–H groups in total. The van der Waals surface area contributed by atoms with Gasteiger partial charge >= 0.3 is 0 Å². The fraction of sp³-hybridized carbons (Fsp3) is 0.400. The number of rotatable bonds is 3. The zero-order valence-corrected chi connectivity index (χ0v) is 11.5. The number of aromatic nitrogens is 2. The molecule has 1 aliphatic rings. The Labute approximate surface area is 117 Å². The van der Waals surface area contributed by atoms with E-state index in [1.165, 1.54) is 0 Å². The summed E-state index contributed by atoms with van der Waals surface area (Å²) in [7, 11) is 1.58. The van der Waals surface area contributed by atoms with E-state index < -0.39 is 0 Å². The van der Waals surface area contributed by atoms with Crippen molar-refractivity contribution in [2.75, 3.05) is 20.3 Å². The number of hydrogen-bond donors (Lipinski definition) is 1. The fourth-order valence-corrected chi connectivity index (χ4v) is 2.51. The van der Waals surface area contributed by atoms with Crippen molar-refractivity contribution in [2.24, 2.45) is 0 Å². The minimum Gasteiger partial charge on any atom is -0.507 e. The van der Waals surface area contributed by atoms with Crippen LogP contribution >= 0.6 is 0 Å². The van der Waals surface area contributed by atoms with Crippen molar-refractivity contribution in [3.05, 3.63) is 30.6 Å². The largest absolute Gasteiger partial charge is 0.507 e. The highest BCUT2D eigenvalue weighted by Crippen LogP contribution is 2.33. The quantitative estimate of drug-likeness (QED) is 0.934. The average Bonchev–Trinajstić information content (AvgIpc) is 2.97. The first kappa shape index (κ1) is 13.0. The van der Waals surface area contributed by atoms with Gasteiger partial charge in [-0.3, -0.25) is 4.68 Å². The third-order valence-corrected chi connectivity index (χ3v) is 3.68. The minimum atomic E-state index is 0.205. The van der Waals surface area contributed by atoms with Gasteiger partial charge in [-0.25, -0.2) is 0 Å². The number of aromatic hydroxyl groups is 1. The van der Waals surface area contributed by atoms with Crippen LogP contribution in [0.25, 0.3) is 11.1 Å². The maximum Gasteiger partial charge on any atom is 0.127 e. The monoisotopic (exact) mass is 274 g/mol. The van der Waals surface area contributed by atoms with Gasteiger partial charge in [0.15, 0.2) is 0 Å². The summed E-state index contributed by atoms with van der Waals surface area (Å²) in [6, 6.07) is 5.68. The van der Waals surface area contributed by atoms with Crippen LogP contribution in [0.3, 0.4) is 0 Å². The van der Waals surface area contributed by atoms with Crippen LogP contribution in [0.4, 0.5) is 0 Å². The summed E-state index contributed by atoms with van der Waals surface area (Å²) in [5.74, 6) is 0.846. The molecule has 2 aromatic rings. The Morgan fingerprint density at radius 3 is 2.85 bits per heavy atom. The Kier molecular flexibility index (Phi) is 3.60. The van der Waals surface area contributed by atoms with Gasteiger partial charge in [0.2, 0.25) is 0 Å². The minimum absolute atomic E-state index is 0.205. The second-order valence-electron chi connectivity index (χ2n) is 4.94. The molecular weight excluding hydrogens is 256 g/mol. The van der Waals surface area contributed by atoms with E-state index in [9.17, 15) is 5.11 Å². The normalized spacial score (nSPS) is 16.2. The number of phenols is 1. The SMILES string of the molecule is COc1ccc(-c2cnn(C3CCOCC3)c2)c(O)c1. The van der Waals surface area contributed by atoms with Crippen LogP contribution in [0, 0.1) is 0 Å². The van der Waals surface area contributed by atoms with Crippen LogP contribution in [0.1, 0.15) is 18.9 Å². The molecule has 3 rings (SSSR count). The van der Waals surface area contributed by atoms with Gasteiger partial charge in [0.25, 0.3) is 0 Å². The third kappa shape index (κ3) is 2.49. The van der Waals surface area contributed by atoms with Crippen LogP contribution in [0.2, 0.25) is 0 Å². The first-order chi connectivity index (χ1) is 9.78. The van der Waals surface area contributed by atoms with E-state index in [1.54, 1.807) is 19.4 Å². The summed E-state index contributed by atoms with van der Waals surface area (Å²) in [4.78, 5) is 0. The third-order valence-electron chi connectivity index (χ3n) is 3.68. The van der Waals surface area contributed by atoms with Gasteiger partial charge in [-0.15, -0.1) is 0 Å². The number of phenolic OH excluding ortho intramolecular Hbond substituents is 1. The van der Waals surface area contributed by atoms with Gasteiger partial charge in [0.05, 0.1) is 19.3 Å². The summed E-state index contributed by atoms with van der Waals surface area (Å²) in [5.41, 5.74) is 1.68. The van der Waals surface area contributed by atoms with Crippen LogP contribution < -0.4 is 4.74 Å². The standard InChI is InChI=1S/C15H18N2O3/c1-19-13-2-3-14(15(18)8-13)11-9-16-17(10-11)12-4-6-20-7-5-12/h2-3,8-10,12,18H,4-7H2,1H3. The molecule has 1 saturated heterocycles. The van der Waals surface area contributed by atoms with Crippen molar-refractivity contribution >= 4 is 0 Å². The van der Waals surface area contributed by atoms with Crippen LogP contribution in [0.15, 0.2) is 30.6 Å². The van der Waals surface area contributed by atoms with E-state index >= 15 is 0 Å². The van der Waals surface area contributed by atoms with Gasteiger partial charge < -0.3 is 14.6 Å². The molecule has 20 heavy (non-hydrogen) atoms. The molecule has 1 aromatic carbocycles. The van der Waals surface area contributed by atoms with Crippen molar-refractivity contribution in [3.63, 3.8) is 0 Å². The van der Waals surface area contributed by atoms with Crippen molar-refractivity contribution in [1.29, 1.82) is 0 Å². The second kappa shape index (κ2) is 5.54. The number of hydrogen-bond acceptors (Lipinski definition) is 4. The Morgan fingerprint density at radius 1 is 1.35 bits per heavy atom. The van der Waals surface area contributed by atoms with Gasteiger partial charge in [0, 0.05) is 36.6 Å². The lowest BCUT2D eigenvalue weighted by Crippen LogP contribution is -2.19. The van der Waals surface area contributed by atoms with Crippen molar-refractivity contribution < 1.29 is 14.6 Å². The molecule has 0 spiro atoms. The first-order valence-electron chi connectivity index (χ1n) is 6.77. The van der Waals surface area contributed by atoms with E-state index in [1.807, 2.05) is 23.0 Å². The summed E-state index contributed by atoms with van der Waals surface area (Å²) in [6.45, 7) is 1.57. The highest BCUT2D eigenvalue weighted by atomic mass is 16.5. The molecule has 0 aliphatic carbocycles. The lowest BCUT2D eigenvalue weighted by atomic mass is 10.1. The van der Waals surface area contributed by atoms with E-state index in [-0.39, 0.29) is 5.75 Å². The number of nitrogens with zero attached hydrogens (tertiary/aromatic N) is 2. The highest BCUT2D eigenvalue weighted by Gasteiger charge is 2.17. The zero-order chi connectivity index (χ0) is 13.9. The molecule has 1 aliphatic heterocycles. The van der Waals surface area contributed by atoms with Crippen LogP contribution in [-0.2, 0) is 4.74 Å². The molecule has 0 amide bonds. The molecule has 1 aromatic heterocycles. The molecule has 106 valence electrons. The number of methoxy groups -OCH3 is 1. The van der Waals surface area contributed by atoms with Crippen LogP contribution in [-0.4, -0.2) is 35.2 Å².